The van der Waals surface area contributed by atoms with Gasteiger partial charge in [0.05, 0.1) is 0 Å². The van der Waals surface area contributed by atoms with Gasteiger partial charge in [-0.05, 0) is 52.9 Å². The van der Waals surface area contributed by atoms with Crippen LogP contribution in [0.5, 0.6) is 23.0 Å². The summed E-state index contributed by atoms with van der Waals surface area (Å²) in [4.78, 5) is 0. The highest BCUT2D eigenvalue weighted by Gasteiger charge is 2.41. The van der Waals surface area contributed by atoms with E-state index < -0.39 is 0 Å². The molecule has 158 valence electrons. The van der Waals surface area contributed by atoms with Gasteiger partial charge in [-0.25, -0.2) is 0 Å². The number of hydrogen-bond donors (Lipinski definition) is 0. The molecule has 8 rings (SSSR count). The van der Waals surface area contributed by atoms with Crippen molar-refractivity contribution in [2.45, 2.75) is 0 Å². The van der Waals surface area contributed by atoms with Crippen LogP contribution in [0, 0.1) is 0 Å². The summed E-state index contributed by atoms with van der Waals surface area (Å²) in [6.45, 7) is 0.0557. The lowest BCUT2D eigenvalue weighted by atomic mass is 9.34. The van der Waals surface area contributed by atoms with Crippen molar-refractivity contribution >= 4 is 45.0 Å². The lowest BCUT2D eigenvalue weighted by Gasteiger charge is -2.34. The number of ether oxygens (including phenoxy) is 2. The summed E-state index contributed by atoms with van der Waals surface area (Å²) in [5.74, 6) is 3.49. The van der Waals surface area contributed by atoms with E-state index in [9.17, 15) is 0 Å². The molecular weight excluding hydrogens is 419 g/mol. The molecule has 34 heavy (non-hydrogen) atoms. The maximum atomic E-state index is 6.65. The molecule has 0 bridgehead atoms. The Bertz CT molecular complexity index is 1770. The minimum atomic E-state index is 0.0557. The largest absolute Gasteiger partial charge is 0.458 e. The molecule has 2 aliphatic rings. The molecule has 3 nitrogen and oxygen atoms in total. The Kier molecular flexibility index (Phi) is 3.48. The molecule has 6 aromatic rings. The molecule has 0 N–H and O–H groups in total. The number of rotatable bonds is 1. The molecule has 5 aromatic carbocycles. The van der Waals surface area contributed by atoms with Crippen LogP contribution in [-0.2, 0) is 0 Å². The first kappa shape index (κ1) is 18.0. The van der Waals surface area contributed by atoms with Crippen molar-refractivity contribution in [2.24, 2.45) is 0 Å². The molecule has 0 aliphatic carbocycles. The first-order chi connectivity index (χ1) is 16.9. The number of benzene rings is 5. The van der Waals surface area contributed by atoms with Crippen molar-refractivity contribution in [2.75, 3.05) is 0 Å². The SMILES string of the molecule is c1ccc2c(c1)Oc1ccc(-c3cccc4oc5ccccc5c34)c3c1B2c1ccccc1O3. The lowest BCUT2D eigenvalue weighted by Crippen LogP contribution is -2.57. The second-order valence-electron chi connectivity index (χ2n) is 8.84. The Morgan fingerprint density at radius 2 is 1.21 bits per heavy atom. The second kappa shape index (κ2) is 6.55. The topological polar surface area (TPSA) is 31.6 Å². The molecule has 0 spiro atoms. The van der Waals surface area contributed by atoms with E-state index in [1.54, 1.807) is 0 Å². The van der Waals surface area contributed by atoms with Gasteiger partial charge in [0, 0.05) is 21.8 Å². The van der Waals surface area contributed by atoms with E-state index >= 15 is 0 Å². The molecule has 0 amide bonds. The van der Waals surface area contributed by atoms with Gasteiger partial charge >= 0.3 is 0 Å². The van der Waals surface area contributed by atoms with E-state index in [0.717, 1.165) is 72.5 Å². The van der Waals surface area contributed by atoms with Crippen LogP contribution in [0.15, 0.2) is 108 Å². The Labute approximate surface area is 196 Å². The summed E-state index contributed by atoms with van der Waals surface area (Å²) in [5.41, 5.74) is 7.30. The third-order valence-corrected chi connectivity index (χ3v) is 7.03. The summed E-state index contributed by atoms with van der Waals surface area (Å²) in [7, 11) is 0. The summed E-state index contributed by atoms with van der Waals surface area (Å²) in [6, 6.07) is 35.2. The zero-order valence-electron chi connectivity index (χ0n) is 18.1. The van der Waals surface area contributed by atoms with Gasteiger partial charge in [-0.15, -0.1) is 0 Å². The van der Waals surface area contributed by atoms with Gasteiger partial charge in [0.25, 0.3) is 6.71 Å². The molecule has 1 aromatic heterocycles. The first-order valence-electron chi connectivity index (χ1n) is 11.5. The van der Waals surface area contributed by atoms with Crippen molar-refractivity contribution in [3.05, 3.63) is 103 Å². The summed E-state index contributed by atoms with van der Waals surface area (Å²) < 4.78 is 19.2. The highest BCUT2D eigenvalue weighted by molar-refractivity contribution is 6.98. The normalized spacial score (nSPS) is 13.1. The van der Waals surface area contributed by atoms with Gasteiger partial charge < -0.3 is 13.9 Å². The molecule has 0 saturated carbocycles. The molecule has 0 unspecified atom stereocenters. The molecule has 0 fully saturated rings. The number of para-hydroxylation sites is 3. The minimum Gasteiger partial charge on any atom is -0.458 e. The molecule has 4 heteroatoms. The summed E-state index contributed by atoms with van der Waals surface area (Å²) >= 11 is 0. The van der Waals surface area contributed by atoms with Crippen LogP contribution >= 0.6 is 0 Å². The van der Waals surface area contributed by atoms with Crippen LogP contribution in [0.4, 0.5) is 0 Å². The number of hydrogen-bond acceptors (Lipinski definition) is 3. The highest BCUT2D eigenvalue weighted by atomic mass is 16.5. The van der Waals surface area contributed by atoms with Crippen LogP contribution in [0.1, 0.15) is 0 Å². The van der Waals surface area contributed by atoms with Crippen molar-refractivity contribution in [3.8, 4) is 34.1 Å². The number of fused-ring (bicyclic) bond motifs is 7. The summed E-state index contributed by atoms with van der Waals surface area (Å²) in [6.07, 6.45) is 0. The maximum Gasteiger partial charge on any atom is 0.260 e. The van der Waals surface area contributed by atoms with Crippen molar-refractivity contribution < 1.29 is 13.9 Å². The van der Waals surface area contributed by atoms with Crippen LogP contribution in [0.3, 0.4) is 0 Å². The van der Waals surface area contributed by atoms with Gasteiger partial charge in [-0.1, -0.05) is 66.7 Å². The highest BCUT2D eigenvalue weighted by Crippen LogP contribution is 2.44. The molecular formula is C30H17BO3. The third-order valence-electron chi connectivity index (χ3n) is 7.03. The van der Waals surface area contributed by atoms with E-state index in [-0.39, 0.29) is 6.71 Å². The molecule has 0 saturated heterocycles. The maximum absolute atomic E-state index is 6.65. The molecule has 2 aliphatic heterocycles. The fraction of sp³-hybridized carbons (Fsp3) is 0. The summed E-state index contributed by atoms with van der Waals surface area (Å²) in [5, 5.41) is 2.21. The lowest BCUT2D eigenvalue weighted by molar-refractivity contribution is 0.465. The van der Waals surface area contributed by atoms with Gasteiger partial charge in [0.1, 0.15) is 34.2 Å². The second-order valence-corrected chi connectivity index (χ2v) is 8.84. The monoisotopic (exact) mass is 436 g/mol. The van der Waals surface area contributed by atoms with Crippen LogP contribution in [0.2, 0.25) is 0 Å². The smallest absolute Gasteiger partial charge is 0.260 e. The predicted molar refractivity (Wildman–Crippen MR) is 137 cm³/mol. The van der Waals surface area contributed by atoms with Gasteiger partial charge in [0.2, 0.25) is 0 Å². The standard InChI is InChI=1S/C30H17BO3/c1-4-12-23-20(8-1)28-18(9-7-15-26(28)32-23)19-16-17-27-29-30(19)34-25-14-6-3-11-22(25)31(29)21-10-2-5-13-24(21)33-27/h1-17H. The van der Waals surface area contributed by atoms with Gasteiger partial charge in [-0.3, -0.25) is 0 Å². The Morgan fingerprint density at radius 3 is 2.06 bits per heavy atom. The van der Waals surface area contributed by atoms with Crippen LogP contribution < -0.4 is 25.9 Å². The minimum absolute atomic E-state index is 0.0557. The quantitative estimate of drug-likeness (QED) is 0.297. The van der Waals surface area contributed by atoms with Crippen LogP contribution in [-0.4, -0.2) is 6.71 Å². The van der Waals surface area contributed by atoms with Crippen molar-refractivity contribution in [3.63, 3.8) is 0 Å². The fourth-order valence-electron chi connectivity index (χ4n) is 5.60. The number of furan rings is 1. The van der Waals surface area contributed by atoms with E-state index in [4.69, 9.17) is 13.9 Å². The van der Waals surface area contributed by atoms with E-state index in [1.807, 2.05) is 42.5 Å². The zero-order chi connectivity index (χ0) is 22.2. The first-order valence-corrected chi connectivity index (χ1v) is 11.5. The van der Waals surface area contributed by atoms with Gasteiger partial charge in [0.15, 0.2) is 0 Å². The zero-order valence-corrected chi connectivity index (χ0v) is 18.1. The van der Waals surface area contributed by atoms with Crippen molar-refractivity contribution in [1.82, 2.24) is 0 Å². The van der Waals surface area contributed by atoms with Crippen molar-refractivity contribution in [1.29, 1.82) is 0 Å². The Morgan fingerprint density at radius 1 is 0.500 bits per heavy atom. The third kappa shape index (κ3) is 2.32. The molecule has 3 heterocycles. The average Bonchev–Trinajstić information content (AvgIpc) is 3.28. The van der Waals surface area contributed by atoms with E-state index in [2.05, 4.69) is 60.7 Å². The van der Waals surface area contributed by atoms with Gasteiger partial charge in [-0.2, -0.15) is 0 Å². The Balaban J connectivity index is 1.46. The predicted octanol–water partition coefficient (Wildman–Crippen LogP) is 5.98. The Hall–Kier alpha value is -4.44. The molecule has 0 radical (unpaired) electrons. The van der Waals surface area contributed by atoms with Crippen LogP contribution in [0.25, 0.3) is 33.1 Å². The van der Waals surface area contributed by atoms with E-state index in [0.29, 0.717) is 0 Å². The van der Waals surface area contributed by atoms with E-state index in [1.165, 1.54) is 0 Å². The molecule has 0 atom stereocenters. The average molecular weight is 436 g/mol. The fourth-order valence-corrected chi connectivity index (χ4v) is 5.60.